The van der Waals surface area contributed by atoms with Crippen LogP contribution >= 0.6 is 0 Å². The summed E-state index contributed by atoms with van der Waals surface area (Å²) < 4.78 is 7.17. The molecule has 1 saturated heterocycles. The second-order valence-corrected chi connectivity index (χ2v) is 5.75. The highest BCUT2D eigenvalue weighted by Gasteiger charge is 2.16. The number of imidazole rings is 1. The molecule has 0 spiro atoms. The van der Waals surface area contributed by atoms with Gasteiger partial charge in [-0.3, -0.25) is 9.80 Å². The molecule has 22 heavy (non-hydrogen) atoms. The lowest BCUT2D eigenvalue weighted by atomic mass is 10.1. The summed E-state index contributed by atoms with van der Waals surface area (Å²) in [7, 11) is 1.77. The van der Waals surface area contributed by atoms with E-state index >= 15 is 0 Å². The molecule has 1 aliphatic rings. The first-order chi connectivity index (χ1) is 10.8. The molecule has 2 aromatic rings. The maximum absolute atomic E-state index is 5.15. The molecular formula is C17H24N4O. The highest BCUT2D eigenvalue weighted by atomic mass is 16.5. The summed E-state index contributed by atoms with van der Waals surface area (Å²) in [5.41, 5.74) is 2.53. The van der Waals surface area contributed by atoms with E-state index < -0.39 is 0 Å². The number of hydrogen-bond donors (Lipinski definition) is 0. The van der Waals surface area contributed by atoms with Crippen molar-refractivity contribution in [2.24, 2.45) is 0 Å². The lowest BCUT2D eigenvalue weighted by Gasteiger charge is -2.34. The summed E-state index contributed by atoms with van der Waals surface area (Å²) in [4.78, 5) is 9.08. The van der Waals surface area contributed by atoms with Crippen LogP contribution in [0, 0.1) is 0 Å². The molecule has 5 nitrogen and oxygen atoms in total. The molecule has 0 bridgehead atoms. The van der Waals surface area contributed by atoms with Crippen molar-refractivity contribution in [1.29, 1.82) is 0 Å². The smallest absolute Gasteiger partial charge is 0.0991 e. The maximum Gasteiger partial charge on any atom is 0.0991 e. The van der Waals surface area contributed by atoms with Gasteiger partial charge in [0.05, 0.1) is 12.9 Å². The van der Waals surface area contributed by atoms with Gasteiger partial charge >= 0.3 is 0 Å². The Hall–Kier alpha value is -1.69. The Balaban J connectivity index is 1.50. The first kappa shape index (κ1) is 15.2. The van der Waals surface area contributed by atoms with E-state index in [1.165, 1.54) is 5.56 Å². The van der Waals surface area contributed by atoms with Crippen LogP contribution in [-0.4, -0.2) is 65.8 Å². The number of piperazine rings is 1. The van der Waals surface area contributed by atoms with Crippen LogP contribution in [0.2, 0.25) is 0 Å². The van der Waals surface area contributed by atoms with Crippen molar-refractivity contribution in [3.05, 3.63) is 48.5 Å². The van der Waals surface area contributed by atoms with Crippen LogP contribution in [0.1, 0.15) is 5.56 Å². The Kier molecular flexibility index (Phi) is 5.21. The average molecular weight is 300 g/mol. The second kappa shape index (κ2) is 7.54. The van der Waals surface area contributed by atoms with Gasteiger partial charge in [-0.05, 0) is 17.7 Å². The van der Waals surface area contributed by atoms with E-state index in [-0.39, 0.29) is 0 Å². The quantitative estimate of drug-likeness (QED) is 0.812. The minimum Gasteiger partial charge on any atom is -0.383 e. The average Bonchev–Trinajstić information content (AvgIpc) is 3.09. The lowest BCUT2D eigenvalue weighted by Crippen LogP contribution is -2.46. The van der Waals surface area contributed by atoms with Gasteiger partial charge in [0.2, 0.25) is 0 Å². The van der Waals surface area contributed by atoms with Gasteiger partial charge in [0.25, 0.3) is 0 Å². The van der Waals surface area contributed by atoms with Crippen LogP contribution < -0.4 is 0 Å². The minimum atomic E-state index is 0.829. The molecule has 0 N–H and O–H groups in total. The largest absolute Gasteiger partial charge is 0.383 e. The SMILES string of the molecule is COCCN1CCN(Cc2ccc(-n3ccnc3)cc2)CC1. The zero-order valence-corrected chi connectivity index (χ0v) is 13.2. The summed E-state index contributed by atoms with van der Waals surface area (Å²) in [6.45, 7) is 7.44. The Morgan fingerprint density at radius 2 is 1.77 bits per heavy atom. The molecule has 118 valence electrons. The van der Waals surface area contributed by atoms with Crippen LogP contribution in [0.25, 0.3) is 5.69 Å². The predicted octanol–water partition coefficient (Wildman–Crippen LogP) is 1.64. The van der Waals surface area contributed by atoms with E-state index in [2.05, 4.69) is 39.0 Å². The van der Waals surface area contributed by atoms with Crippen molar-refractivity contribution < 1.29 is 4.74 Å². The topological polar surface area (TPSA) is 33.5 Å². The fourth-order valence-electron chi connectivity index (χ4n) is 2.83. The number of aromatic nitrogens is 2. The molecule has 5 heteroatoms. The Labute approximate surface area is 132 Å². The number of nitrogens with zero attached hydrogens (tertiary/aromatic N) is 4. The lowest BCUT2D eigenvalue weighted by molar-refractivity contribution is 0.0938. The monoisotopic (exact) mass is 300 g/mol. The standard InChI is InChI=1S/C17H24N4O/c1-22-13-12-19-8-10-20(11-9-19)14-16-2-4-17(5-3-16)21-7-6-18-15-21/h2-7,15H,8-14H2,1H3. The Morgan fingerprint density at radius 3 is 2.41 bits per heavy atom. The third-order valence-corrected chi connectivity index (χ3v) is 4.22. The van der Waals surface area contributed by atoms with Crippen LogP contribution in [0.4, 0.5) is 0 Å². The van der Waals surface area contributed by atoms with E-state index in [0.29, 0.717) is 0 Å². The number of hydrogen-bond acceptors (Lipinski definition) is 4. The van der Waals surface area contributed by atoms with Gasteiger partial charge in [-0.1, -0.05) is 12.1 Å². The van der Waals surface area contributed by atoms with E-state index in [4.69, 9.17) is 4.74 Å². The summed E-state index contributed by atoms with van der Waals surface area (Å²) >= 11 is 0. The van der Waals surface area contributed by atoms with Gasteiger partial charge in [-0.25, -0.2) is 4.98 Å². The molecule has 0 amide bonds. The van der Waals surface area contributed by atoms with Crippen LogP contribution in [0.3, 0.4) is 0 Å². The van der Waals surface area contributed by atoms with Crippen molar-refractivity contribution in [3.63, 3.8) is 0 Å². The van der Waals surface area contributed by atoms with Gasteiger partial charge in [-0.15, -0.1) is 0 Å². The molecule has 1 aromatic carbocycles. The van der Waals surface area contributed by atoms with Crippen molar-refractivity contribution >= 4 is 0 Å². The first-order valence-corrected chi connectivity index (χ1v) is 7.86. The first-order valence-electron chi connectivity index (χ1n) is 7.86. The molecule has 0 atom stereocenters. The van der Waals surface area contributed by atoms with Crippen molar-refractivity contribution in [2.45, 2.75) is 6.54 Å². The predicted molar refractivity (Wildman–Crippen MR) is 87.2 cm³/mol. The fraction of sp³-hybridized carbons (Fsp3) is 0.471. The summed E-state index contributed by atoms with van der Waals surface area (Å²) in [6.07, 6.45) is 5.60. The van der Waals surface area contributed by atoms with Crippen molar-refractivity contribution in [2.75, 3.05) is 46.4 Å². The summed E-state index contributed by atoms with van der Waals surface area (Å²) in [6, 6.07) is 8.75. The molecule has 0 radical (unpaired) electrons. The van der Waals surface area contributed by atoms with E-state index in [1.54, 1.807) is 13.3 Å². The minimum absolute atomic E-state index is 0.829. The van der Waals surface area contributed by atoms with Crippen LogP contribution in [0.15, 0.2) is 43.0 Å². The summed E-state index contributed by atoms with van der Waals surface area (Å²) in [5.74, 6) is 0. The molecule has 1 aliphatic heterocycles. The van der Waals surface area contributed by atoms with E-state index in [1.807, 2.05) is 17.1 Å². The zero-order valence-electron chi connectivity index (χ0n) is 13.2. The van der Waals surface area contributed by atoms with Crippen molar-refractivity contribution in [3.8, 4) is 5.69 Å². The second-order valence-electron chi connectivity index (χ2n) is 5.75. The highest BCUT2D eigenvalue weighted by molar-refractivity contribution is 5.34. The van der Waals surface area contributed by atoms with Crippen LogP contribution in [-0.2, 0) is 11.3 Å². The normalized spacial score (nSPS) is 17.0. The Bertz CT molecular complexity index is 545. The highest BCUT2D eigenvalue weighted by Crippen LogP contribution is 2.12. The molecule has 1 aromatic heterocycles. The zero-order chi connectivity index (χ0) is 15.2. The van der Waals surface area contributed by atoms with Gasteiger partial charge in [-0.2, -0.15) is 0 Å². The molecule has 0 unspecified atom stereocenters. The molecule has 0 saturated carbocycles. The number of methoxy groups -OCH3 is 1. The number of ether oxygens (including phenoxy) is 1. The Morgan fingerprint density at radius 1 is 1.05 bits per heavy atom. The molecular weight excluding hydrogens is 276 g/mol. The van der Waals surface area contributed by atoms with Gasteiger partial charge in [0, 0.05) is 64.5 Å². The van der Waals surface area contributed by atoms with Crippen molar-refractivity contribution in [1.82, 2.24) is 19.4 Å². The molecule has 3 rings (SSSR count). The summed E-state index contributed by atoms with van der Waals surface area (Å²) in [5, 5.41) is 0. The van der Waals surface area contributed by atoms with Gasteiger partial charge < -0.3 is 9.30 Å². The molecule has 0 aliphatic carbocycles. The van der Waals surface area contributed by atoms with E-state index in [9.17, 15) is 0 Å². The fourth-order valence-corrected chi connectivity index (χ4v) is 2.83. The third-order valence-electron chi connectivity index (χ3n) is 4.22. The van der Waals surface area contributed by atoms with Gasteiger partial charge in [0.15, 0.2) is 0 Å². The third kappa shape index (κ3) is 3.94. The molecule has 2 heterocycles. The number of rotatable bonds is 6. The van der Waals surface area contributed by atoms with Gasteiger partial charge in [0.1, 0.15) is 0 Å². The molecule has 1 fully saturated rings. The van der Waals surface area contributed by atoms with E-state index in [0.717, 1.165) is 51.6 Å². The number of benzene rings is 1. The van der Waals surface area contributed by atoms with Crippen LogP contribution in [0.5, 0.6) is 0 Å². The maximum atomic E-state index is 5.15.